The molecule has 1 heterocycles. The van der Waals surface area contributed by atoms with Crippen LogP contribution in [0.4, 0.5) is 0 Å². The maximum absolute atomic E-state index is 12.2. The second-order valence-electron chi connectivity index (χ2n) is 6.08. The summed E-state index contributed by atoms with van der Waals surface area (Å²) in [5.74, 6) is 1.21. The van der Waals surface area contributed by atoms with Gasteiger partial charge in [-0.1, -0.05) is 36.7 Å². The van der Waals surface area contributed by atoms with Gasteiger partial charge in [-0.2, -0.15) is 0 Å². The number of hydrogen-bond acceptors (Lipinski definition) is 2. The Hall–Kier alpha value is -0.770. The largest absolute Gasteiger partial charge is 0.350 e. The Morgan fingerprint density at radius 2 is 1.95 bits per heavy atom. The highest BCUT2D eigenvalue weighted by molar-refractivity contribution is 6.31. The van der Waals surface area contributed by atoms with Gasteiger partial charge in [0.05, 0.1) is 6.04 Å². The van der Waals surface area contributed by atoms with E-state index in [9.17, 15) is 4.79 Å². The molecule has 0 aliphatic carbocycles. The van der Waals surface area contributed by atoms with E-state index in [0.717, 1.165) is 18.7 Å². The molecule has 5 heteroatoms. The maximum atomic E-state index is 12.2. The standard InChI is InChI=1S/C17H25ClN2O.ClH/c1-12(14-7-9-19-10-8-14)11-17(21)20-13(2)15-5-3-4-6-16(15)18;/h3-6,12-14,19H,7-11H2,1-2H3,(H,20,21);1H. The first kappa shape index (κ1) is 19.3. The number of rotatable bonds is 5. The third-order valence-electron chi connectivity index (χ3n) is 4.45. The van der Waals surface area contributed by atoms with E-state index in [2.05, 4.69) is 17.6 Å². The Bertz CT molecular complexity index is 475. The molecular formula is C17H26Cl2N2O. The Labute approximate surface area is 144 Å². The first-order valence-corrected chi connectivity index (χ1v) is 8.20. The molecule has 1 saturated heterocycles. The molecule has 1 fully saturated rings. The minimum absolute atomic E-state index is 0. The molecule has 1 amide bonds. The Balaban J connectivity index is 0.00000242. The van der Waals surface area contributed by atoms with Crippen molar-refractivity contribution in [2.75, 3.05) is 13.1 Å². The van der Waals surface area contributed by atoms with E-state index in [0.29, 0.717) is 23.3 Å². The lowest BCUT2D eigenvalue weighted by molar-refractivity contribution is -0.123. The molecule has 124 valence electrons. The fraction of sp³-hybridized carbons (Fsp3) is 0.588. The molecule has 0 saturated carbocycles. The van der Waals surface area contributed by atoms with E-state index in [1.165, 1.54) is 12.8 Å². The SMILES string of the molecule is CC(NC(=O)CC(C)C1CCNCC1)c1ccccc1Cl.Cl. The van der Waals surface area contributed by atoms with Gasteiger partial charge in [-0.15, -0.1) is 12.4 Å². The van der Waals surface area contributed by atoms with Crippen LogP contribution in [-0.2, 0) is 4.79 Å². The zero-order valence-corrected chi connectivity index (χ0v) is 14.8. The Morgan fingerprint density at radius 1 is 1.32 bits per heavy atom. The van der Waals surface area contributed by atoms with Gasteiger partial charge in [0.1, 0.15) is 0 Å². The molecule has 2 atom stereocenters. The summed E-state index contributed by atoms with van der Waals surface area (Å²) >= 11 is 6.17. The summed E-state index contributed by atoms with van der Waals surface area (Å²) < 4.78 is 0. The van der Waals surface area contributed by atoms with Crippen molar-refractivity contribution >= 4 is 29.9 Å². The molecular weight excluding hydrogens is 319 g/mol. The molecule has 2 rings (SSSR count). The summed E-state index contributed by atoms with van der Waals surface area (Å²) in [6.45, 7) is 6.32. The van der Waals surface area contributed by atoms with Crippen LogP contribution >= 0.6 is 24.0 Å². The van der Waals surface area contributed by atoms with Crippen molar-refractivity contribution in [1.29, 1.82) is 0 Å². The first-order chi connectivity index (χ1) is 10.1. The molecule has 0 aromatic heterocycles. The average molecular weight is 345 g/mol. The van der Waals surface area contributed by atoms with Crippen molar-refractivity contribution in [1.82, 2.24) is 10.6 Å². The van der Waals surface area contributed by atoms with E-state index in [1.54, 1.807) is 0 Å². The van der Waals surface area contributed by atoms with Gasteiger partial charge in [-0.3, -0.25) is 4.79 Å². The van der Waals surface area contributed by atoms with Crippen LogP contribution in [0.3, 0.4) is 0 Å². The monoisotopic (exact) mass is 344 g/mol. The lowest BCUT2D eigenvalue weighted by atomic mass is 9.84. The number of benzene rings is 1. The molecule has 1 aromatic rings. The quantitative estimate of drug-likeness (QED) is 0.848. The van der Waals surface area contributed by atoms with Gasteiger partial charge in [0.25, 0.3) is 0 Å². The third-order valence-corrected chi connectivity index (χ3v) is 4.79. The Kier molecular flexibility index (Phi) is 8.23. The average Bonchev–Trinajstić information content (AvgIpc) is 2.48. The number of nitrogens with one attached hydrogen (secondary N) is 2. The highest BCUT2D eigenvalue weighted by Gasteiger charge is 2.22. The van der Waals surface area contributed by atoms with Gasteiger partial charge >= 0.3 is 0 Å². The van der Waals surface area contributed by atoms with Gasteiger partial charge in [0, 0.05) is 11.4 Å². The fourth-order valence-electron chi connectivity index (χ4n) is 3.08. The lowest BCUT2D eigenvalue weighted by Crippen LogP contribution is -2.34. The molecule has 0 radical (unpaired) electrons. The van der Waals surface area contributed by atoms with Crippen LogP contribution in [0.15, 0.2) is 24.3 Å². The number of halogens is 2. The van der Waals surface area contributed by atoms with E-state index in [4.69, 9.17) is 11.6 Å². The second-order valence-corrected chi connectivity index (χ2v) is 6.49. The summed E-state index contributed by atoms with van der Waals surface area (Å²) in [5.41, 5.74) is 0.974. The van der Waals surface area contributed by atoms with Gasteiger partial charge in [-0.05, 0) is 56.3 Å². The van der Waals surface area contributed by atoms with E-state index < -0.39 is 0 Å². The molecule has 2 unspecified atom stereocenters. The van der Waals surface area contributed by atoms with Gasteiger partial charge < -0.3 is 10.6 Å². The van der Waals surface area contributed by atoms with Crippen LogP contribution < -0.4 is 10.6 Å². The minimum atomic E-state index is -0.0496. The number of piperidine rings is 1. The zero-order valence-electron chi connectivity index (χ0n) is 13.3. The molecule has 0 bridgehead atoms. The summed E-state index contributed by atoms with van der Waals surface area (Å²) in [7, 11) is 0. The third kappa shape index (κ3) is 5.45. The number of carbonyl (C=O) groups excluding carboxylic acids is 1. The molecule has 2 N–H and O–H groups in total. The summed E-state index contributed by atoms with van der Waals surface area (Å²) in [5, 5.41) is 7.14. The first-order valence-electron chi connectivity index (χ1n) is 7.82. The molecule has 22 heavy (non-hydrogen) atoms. The maximum Gasteiger partial charge on any atom is 0.220 e. The van der Waals surface area contributed by atoms with Crippen LogP contribution in [0, 0.1) is 11.8 Å². The van der Waals surface area contributed by atoms with Crippen molar-refractivity contribution in [3.8, 4) is 0 Å². The van der Waals surface area contributed by atoms with Crippen LogP contribution in [-0.4, -0.2) is 19.0 Å². The summed E-state index contributed by atoms with van der Waals surface area (Å²) in [6.07, 6.45) is 2.95. The van der Waals surface area contributed by atoms with Gasteiger partial charge in [-0.25, -0.2) is 0 Å². The van der Waals surface area contributed by atoms with Crippen molar-refractivity contribution in [2.45, 2.75) is 39.2 Å². The molecule has 1 aliphatic rings. The smallest absolute Gasteiger partial charge is 0.220 e. The molecule has 1 aliphatic heterocycles. The predicted molar refractivity (Wildman–Crippen MR) is 94.6 cm³/mol. The number of amides is 1. The zero-order chi connectivity index (χ0) is 15.2. The molecule has 3 nitrogen and oxygen atoms in total. The predicted octanol–water partition coefficient (Wildman–Crippen LogP) is 3.96. The van der Waals surface area contributed by atoms with E-state index >= 15 is 0 Å². The van der Waals surface area contributed by atoms with Crippen LogP contribution in [0.5, 0.6) is 0 Å². The van der Waals surface area contributed by atoms with Crippen LogP contribution in [0.2, 0.25) is 5.02 Å². The van der Waals surface area contributed by atoms with Crippen LogP contribution in [0.1, 0.15) is 44.7 Å². The van der Waals surface area contributed by atoms with Gasteiger partial charge in [0.15, 0.2) is 0 Å². The fourth-order valence-corrected chi connectivity index (χ4v) is 3.38. The van der Waals surface area contributed by atoms with Gasteiger partial charge in [0.2, 0.25) is 5.91 Å². The summed E-state index contributed by atoms with van der Waals surface area (Å²) in [4.78, 5) is 12.2. The van der Waals surface area contributed by atoms with Crippen molar-refractivity contribution in [2.24, 2.45) is 11.8 Å². The normalized spacial score (nSPS) is 18.1. The van der Waals surface area contributed by atoms with Crippen molar-refractivity contribution in [3.05, 3.63) is 34.9 Å². The minimum Gasteiger partial charge on any atom is -0.350 e. The van der Waals surface area contributed by atoms with Crippen LogP contribution in [0.25, 0.3) is 0 Å². The lowest BCUT2D eigenvalue weighted by Gasteiger charge is -2.28. The number of hydrogen-bond donors (Lipinski definition) is 2. The van der Waals surface area contributed by atoms with Crippen molar-refractivity contribution < 1.29 is 4.79 Å². The summed E-state index contributed by atoms with van der Waals surface area (Å²) in [6, 6.07) is 7.62. The number of carbonyl (C=O) groups is 1. The highest BCUT2D eigenvalue weighted by atomic mass is 35.5. The second kappa shape index (κ2) is 9.39. The highest BCUT2D eigenvalue weighted by Crippen LogP contribution is 2.25. The molecule has 0 spiro atoms. The van der Waals surface area contributed by atoms with E-state index in [-0.39, 0.29) is 24.4 Å². The molecule has 1 aromatic carbocycles. The Morgan fingerprint density at radius 3 is 2.59 bits per heavy atom. The topological polar surface area (TPSA) is 41.1 Å². The van der Waals surface area contributed by atoms with Crippen molar-refractivity contribution in [3.63, 3.8) is 0 Å². The van der Waals surface area contributed by atoms with E-state index in [1.807, 2.05) is 31.2 Å².